The predicted molar refractivity (Wildman–Crippen MR) is 143 cm³/mol. The Bertz CT molecular complexity index is 1260. The molecule has 36 heavy (non-hydrogen) atoms. The van der Waals surface area contributed by atoms with E-state index >= 15 is 0 Å². The van der Waals surface area contributed by atoms with Crippen LogP contribution in [-0.2, 0) is 21.4 Å². The van der Waals surface area contributed by atoms with Crippen LogP contribution in [0.15, 0.2) is 54.7 Å². The number of aliphatic hydroxyl groups is 1. The summed E-state index contributed by atoms with van der Waals surface area (Å²) in [7, 11) is 0. The van der Waals surface area contributed by atoms with Crippen molar-refractivity contribution in [3.05, 3.63) is 71.4 Å². The number of hydrogen-bond acceptors (Lipinski definition) is 4. The molecular weight excluding hydrogens is 476 g/mol. The molecule has 2 heterocycles. The molecule has 3 aromatic rings. The predicted octanol–water partition coefficient (Wildman–Crippen LogP) is 3.35. The van der Waals surface area contributed by atoms with Crippen LogP contribution in [0.4, 0.5) is 0 Å². The van der Waals surface area contributed by atoms with E-state index in [0.717, 1.165) is 34.9 Å². The maximum absolute atomic E-state index is 13.7. The Morgan fingerprint density at radius 1 is 1.17 bits per heavy atom. The number of nitrogens with zero attached hydrogens (tertiary/aromatic N) is 1. The molecule has 2 aliphatic rings. The fourth-order valence-corrected chi connectivity index (χ4v) is 5.77. The number of piperidine rings is 1. The lowest BCUT2D eigenvalue weighted by atomic mass is 9.73. The number of halogens is 1. The minimum absolute atomic E-state index is 0. The summed E-state index contributed by atoms with van der Waals surface area (Å²) >= 11 is 0. The number of H-pyrrole nitrogens is 1. The minimum atomic E-state index is -1.09. The van der Waals surface area contributed by atoms with Gasteiger partial charge in [0.05, 0.1) is 11.6 Å². The lowest BCUT2D eigenvalue weighted by Gasteiger charge is -2.41. The zero-order valence-corrected chi connectivity index (χ0v) is 21.6. The quantitative estimate of drug-likeness (QED) is 0.421. The molecule has 2 amide bonds. The number of fused-ring (bicyclic) bond motifs is 3. The molecule has 5 rings (SSSR count). The number of aromatic amines is 1. The van der Waals surface area contributed by atoms with Crippen LogP contribution in [0.25, 0.3) is 10.9 Å². The number of nitrogens with one attached hydrogen (secondary N) is 2. The van der Waals surface area contributed by atoms with Crippen LogP contribution in [-0.4, -0.2) is 51.5 Å². The summed E-state index contributed by atoms with van der Waals surface area (Å²) in [6.07, 6.45) is 4.13. The third-order valence-electron chi connectivity index (χ3n) is 7.80. The van der Waals surface area contributed by atoms with Gasteiger partial charge in [0, 0.05) is 42.0 Å². The SMILES string of the molecule is CC(C)(N)C(=O)N[C@H](Cc1c[nH]c2ccccc12)C(=O)N1CCC2(CC1)C[C@@H](O)c1ccccc12.Cl. The van der Waals surface area contributed by atoms with Gasteiger partial charge in [0.1, 0.15) is 6.04 Å². The molecule has 192 valence electrons. The maximum atomic E-state index is 13.7. The van der Waals surface area contributed by atoms with Crippen LogP contribution in [0.3, 0.4) is 0 Å². The summed E-state index contributed by atoms with van der Waals surface area (Å²) in [5.41, 5.74) is 9.07. The number of aliphatic hydroxyl groups excluding tert-OH is 1. The smallest absolute Gasteiger partial charge is 0.245 e. The van der Waals surface area contributed by atoms with Gasteiger partial charge in [-0.2, -0.15) is 0 Å². The molecule has 1 spiro atoms. The highest BCUT2D eigenvalue weighted by molar-refractivity contribution is 5.92. The molecule has 7 nitrogen and oxygen atoms in total. The van der Waals surface area contributed by atoms with Gasteiger partial charge in [-0.05, 0) is 55.9 Å². The number of carbonyl (C=O) groups excluding carboxylic acids is 2. The molecule has 0 saturated carbocycles. The van der Waals surface area contributed by atoms with E-state index in [4.69, 9.17) is 5.73 Å². The van der Waals surface area contributed by atoms with Gasteiger partial charge in [0.15, 0.2) is 0 Å². The van der Waals surface area contributed by atoms with Crippen molar-refractivity contribution in [2.24, 2.45) is 5.73 Å². The molecule has 2 aromatic carbocycles. The summed E-state index contributed by atoms with van der Waals surface area (Å²) in [5.74, 6) is -0.438. The van der Waals surface area contributed by atoms with Gasteiger partial charge in [0.2, 0.25) is 11.8 Å². The first-order chi connectivity index (χ1) is 16.7. The third kappa shape index (κ3) is 4.75. The van der Waals surface area contributed by atoms with Crippen LogP contribution < -0.4 is 11.1 Å². The monoisotopic (exact) mass is 510 g/mol. The Hall–Kier alpha value is -2.87. The van der Waals surface area contributed by atoms with E-state index in [1.165, 1.54) is 5.56 Å². The number of likely N-dealkylation sites (tertiary alicyclic amines) is 1. The van der Waals surface area contributed by atoms with Gasteiger partial charge in [0.25, 0.3) is 0 Å². The summed E-state index contributed by atoms with van der Waals surface area (Å²) in [6, 6.07) is 15.4. The number of carbonyl (C=O) groups is 2. The fraction of sp³-hybridized carbons (Fsp3) is 0.429. The molecule has 1 saturated heterocycles. The Kier molecular flexibility index (Phi) is 7.19. The average Bonchev–Trinajstić information content (AvgIpc) is 3.37. The van der Waals surface area contributed by atoms with Gasteiger partial charge in [-0.25, -0.2) is 0 Å². The number of aromatic nitrogens is 1. The molecule has 0 bridgehead atoms. The Balaban J connectivity index is 0.00000304. The lowest BCUT2D eigenvalue weighted by molar-refractivity contribution is -0.138. The van der Waals surface area contributed by atoms with Crippen molar-refractivity contribution in [1.29, 1.82) is 0 Å². The van der Waals surface area contributed by atoms with Crippen molar-refractivity contribution in [2.75, 3.05) is 13.1 Å². The third-order valence-corrected chi connectivity index (χ3v) is 7.80. The lowest BCUT2D eigenvalue weighted by Crippen LogP contribution is -2.58. The van der Waals surface area contributed by atoms with E-state index in [1.807, 2.05) is 53.6 Å². The first-order valence-electron chi connectivity index (χ1n) is 12.4. The molecule has 5 N–H and O–H groups in total. The first kappa shape index (κ1) is 26.2. The zero-order chi connectivity index (χ0) is 24.8. The number of amides is 2. The van der Waals surface area contributed by atoms with Crippen LogP contribution in [0, 0.1) is 0 Å². The van der Waals surface area contributed by atoms with Gasteiger partial charge in [-0.1, -0.05) is 42.5 Å². The minimum Gasteiger partial charge on any atom is -0.388 e. The van der Waals surface area contributed by atoms with E-state index in [0.29, 0.717) is 25.9 Å². The van der Waals surface area contributed by atoms with Gasteiger partial charge < -0.3 is 26.0 Å². The Morgan fingerprint density at radius 2 is 1.83 bits per heavy atom. The first-order valence-corrected chi connectivity index (χ1v) is 12.4. The fourth-order valence-electron chi connectivity index (χ4n) is 5.77. The van der Waals surface area contributed by atoms with Crippen molar-refractivity contribution in [3.8, 4) is 0 Å². The van der Waals surface area contributed by atoms with Crippen LogP contribution >= 0.6 is 12.4 Å². The molecule has 1 aliphatic heterocycles. The van der Waals surface area contributed by atoms with E-state index in [-0.39, 0.29) is 29.6 Å². The summed E-state index contributed by atoms with van der Waals surface area (Å²) in [6.45, 7) is 4.46. The summed E-state index contributed by atoms with van der Waals surface area (Å²) in [5, 5.41) is 14.6. The van der Waals surface area contributed by atoms with Gasteiger partial charge >= 0.3 is 0 Å². The standard InChI is InChI=1S/C28H34N4O3.ClH/c1-27(2,29)26(35)31-23(15-18-17-30-22-10-6-4-7-19(18)22)25(34)32-13-11-28(12-14-32)16-24(33)20-8-3-5-9-21(20)28;/h3-10,17,23-24,30,33H,11-16,29H2,1-2H3,(H,31,35);1H/t23-,24-;/m1./s1. The number of hydrogen-bond donors (Lipinski definition) is 4. The van der Waals surface area contributed by atoms with Crippen LogP contribution in [0.1, 0.15) is 55.9 Å². The Labute approximate surface area is 217 Å². The second-order valence-corrected chi connectivity index (χ2v) is 10.7. The van der Waals surface area contributed by atoms with Crippen LogP contribution in [0.5, 0.6) is 0 Å². The number of rotatable bonds is 5. The molecular formula is C28H35ClN4O3. The summed E-state index contributed by atoms with van der Waals surface area (Å²) < 4.78 is 0. The molecule has 0 unspecified atom stereocenters. The van der Waals surface area contributed by atoms with Crippen molar-refractivity contribution in [3.63, 3.8) is 0 Å². The highest BCUT2D eigenvalue weighted by atomic mass is 35.5. The number of benzene rings is 2. The van der Waals surface area contributed by atoms with E-state index in [1.54, 1.807) is 13.8 Å². The van der Waals surface area contributed by atoms with Crippen molar-refractivity contribution >= 4 is 35.1 Å². The van der Waals surface area contributed by atoms with Crippen LogP contribution in [0.2, 0.25) is 0 Å². The molecule has 1 aliphatic carbocycles. The topological polar surface area (TPSA) is 111 Å². The van der Waals surface area contributed by atoms with E-state index in [2.05, 4.69) is 16.4 Å². The Morgan fingerprint density at radius 3 is 2.56 bits per heavy atom. The van der Waals surface area contributed by atoms with Gasteiger partial charge in [-0.3, -0.25) is 9.59 Å². The van der Waals surface area contributed by atoms with Crippen molar-refractivity contribution in [1.82, 2.24) is 15.2 Å². The molecule has 0 radical (unpaired) electrons. The average molecular weight is 511 g/mol. The highest BCUT2D eigenvalue weighted by Crippen LogP contribution is 2.50. The zero-order valence-electron chi connectivity index (χ0n) is 20.8. The van der Waals surface area contributed by atoms with E-state index in [9.17, 15) is 14.7 Å². The largest absolute Gasteiger partial charge is 0.388 e. The molecule has 1 aromatic heterocycles. The summed E-state index contributed by atoms with van der Waals surface area (Å²) in [4.78, 5) is 31.7. The van der Waals surface area contributed by atoms with Crippen molar-refractivity contribution < 1.29 is 14.7 Å². The van der Waals surface area contributed by atoms with Crippen molar-refractivity contribution in [2.45, 2.75) is 62.6 Å². The highest BCUT2D eigenvalue weighted by Gasteiger charge is 2.46. The molecule has 8 heteroatoms. The maximum Gasteiger partial charge on any atom is 0.245 e. The second kappa shape index (κ2) is 9.88. The normalized spacial score (nSPS) is 19.6. The molecule has 1 fully saturated rings. The number of para-hydroxylation sites is 1. The van der Waals surface area contributed by atoms with Gasteiger partial charge in [-0.15, -0.1) is 12.4 Å². The number of nitrogens with two attached hydrogens (primary N) is 1. The second-order valence-electron chi connectivity index (χ2n) is 10.7. The van der Waals surface area contributed by atoms with E-state index < -0.39 is 17.7 Å². The molecule has 2 atom stereocenters.